The van der Waals surface area contributed by atoms with Crippen LogP contribution in [0, 0.1) is 12.8 Å². The van der Waals surface area contributed by atoms with Gasteiger partial charge in [-0.3, -0.25) is 4.79 Å². The van der Waals surface area contributed by atoms with Crippen LogP contribution in [0.15, 0.2) is 18.2 Å². The Balaban J connectivity index is 1.85. The van der Waals surface area contributed by atoms with E-state index in [9.17, 15) is 4.79 Å². The van der Waals surface area contributed by atoms with Crippen molar-refractivity contribution < 1.29 is 4.79 Å². The standard InChI is InChI=1S/C16H20N2OS/c1-9-6-7-13-12(8-9)14(17)15(20-13)16(19)18-10(2)11-4-3-5-11/h6-8,10-11H,3-5,17H2,1-2H3,(H,18,19). The van der Waals surface area contributed by atoms with Crippen molar-refractivity contribution in [2.75, 3.05) is 5.73 Å². The van der Waals surface area contributed by atoms with E-state index < -0.39 is 0 Å². The van der Waals surface area contributed by atoms with E-state index in [-0.39, 0.29) is 11.9 Å². The van der Waals surface area contributed by atoms with E-state index in [2.05, 4.69) is 18.3 Å². The van der Waals surface area contributed by atoms with Crippen molar-refractivity contribution in [1.29, 1.82) is 0 Å². The molecule has 0 aliphatic heterocycles. The predicted molar refractivity (Wildman–Crippen MR) is 85.2 cm³/mol. The molecule has 0 saturated heterocycles. The molecular formula is C16H20N2OS. The van der Waals surface area contributed by atoms with Crippen molar-refractivity contribution >= 4 is 33.0 Å². The Morgan fingerprint density at radius 1 is 1.45 bits per heavy atom. The van der Waals surface area contributed by atoms with Gasteiger partial charge < -0.3 is 11.1 Å². The Bertz CT molecular complexity index is 658. The van der Waals surface area contributed by atoms with E-state index in [0.717, 1.165) is 15.6 Å². The van der Waals surface area contributed by atoms with Crippen LogP contribution in [0.3, 0.4) is 0 Å². The molecule has 2 aromatic rings. The lowest BCUT2D eigenvalue weighted by molar-refractivity contribution is 0.0914. The molecule has 3 N–H and O–H groups in total. The quantitative estimate of drug-likeness (QED) is 0.904. The Kier molecular flexibility index (Phi) is 3.42. The minimum absolute atomic E-state index is 0.0271. The molecular weight excluding hydrogens is 268 g/mol. The summed E-state index contributed by atoms with van der Waals surface area (Å²) in [6.45, 7) is 4.13. The molecule has 1 heterocycles. The van der Waals surface area contributed by atoms with Crippen molar-refractivity contribution in [3.63, 3.8) is 0 Å². The van der Waals surface area contributed by atoms with Crippen molar-refractivity contribution in [1.82, 2.24) is 5.32 Å². The number of amides is 1. The monoisotopic (exact) mass is 288 g/mol. The van der Waals surface area contributed by atoms with Crippen molar-refractivity contribution in [3.8, 4) is 0 Å². The van der Waals surface area contributed by atoms with Gasteiger partial charge in [-0.25, -0.2) is 0 Å². The van der Waals surface area contributed by atoms with E-state index >= 15 is 0 Å². The van der Waals surface area contributed by atoms with Gasteiger partial charge in [0.1, 0.15) is 4.88 Å². The van der Waals surface area contributed by atoms with Crippen LogP contribution in [-0.4, -0.2) is 11.9 Å². The SMILES string of the molecule is Cc1ccc2sc(C(=O)NC(C)C3CCC3)c(N)c2c1. The number of fused-ring (bicyclic) bond motifs is 1. The number of thiophene rings is 1. The first kappa shape index (κ1) is 13.4. The highest BCUT2D eigenvalue weighted by molar-refractivity contribution is 7.21. The summed E-state index contributed by atoms with van der Waals surface area (Å²) in [5, 5.41) is 4.10. The van der Waals surface area contributed by atoms with Gasteiger partial charge in [-0.1, -0.05) is 18.1 Å². The fourth-order valence-corrected chi connectivity index (χ4v) is 3.74. The zero-order valence-electron chi connectivity index (χ0n) is 11.9. The molecule has 0 spiro atoms. The predicted octanol–water partition coefficient (Wildman–Crippen LogP) is 3.71. The molecule has 0 bridgehead atoms. The fourth-order valence-electron chi connectivity index (χ4n) is 2.73. The second-order valence-electron chi connectivity index (χ2n) is 5.80. The molecule has 1 saturated carbocycles. The van der Waals surface area contributed by atoms with Crippen LogP contribution in [0.25, 0.3) is 10.1 Å². The molecule has 1 aromatic carbocycles. The van der Waals surface area contributed by atoms with Crippen LogP contribution in [0.4, 0.5) is 5.69 Å². The number of anilines is 1. The van der Waals surface area contributed by atoms with Gasteiger partial charge in [-0.15, -0.1) is 11.3 Å². The maximum absolute atomic E-state index is 12.4. The number of nitrogens with one attached hydrogen (secondary N) is 1. The van der Waals surface area contributed by atoms with Gasteiger partial charge in [0.05, 0.1) is 5.69 Å². The summed E-state index contributed by atoms with van der Waals surface area (Å²) in [5.41, 5.74) is 7.94. The lowest BCUT2D eigenvalue weighted by Crippen LogP contribution is -2.40. The first-order chi connectivity index (χ1) is 9.56. The molecule has 3 nitrogen and oxygen atoms in total. The molecule has 106 valence electrons. The second-order valence-corrected chi connectivity index (χ2v) is 6.85. The van der Waals surface area contributed by atoms with Gasteiger partial charge in [-0.2, -0.15) is 0 Å². The van der Waals surface area contributed by atoms with Gasteiger partial charge in [0.25, 0.3) is 5.91 Å². The third kappa shape index (κ3) is 2.29. The summed E-state index contributed by atoms with van der Waals surface area (Å²) in [4.78, 5) is 13.0. The summed E-state index contributed by atoms with van der Waals surface area (Å²) < 4.78 is 1.08. The maximum atomic E-state index is 12.4. The molecule has 0 radical (unpaired) electrons. The highest BCUT2D eigenvalue weighted by atomic mass is 32.1. The Hall–Kier alpha value is -1.55. The lowest BCUT2D eigenvalue weighted by atomic mass is 9.80. The average molecular weight is 288 g/mol. The van der Waals surface area contributed by atoms with Crippen molar-refractivity contribution in [2.45, 2.75) is 39.2 Å². The Morgan fingerprint density at radius 2 is 2.20 bits per heavy atom. The summed E-state index contributed by atoms with van der Waals surface area (Å²) in [7, 11) is 0. The number of hydrogen-bond acceptors (Lipinski definition) is 3. The lowest BCUT2D eigenvalue weighted by Gasteiger charge is -2.31. The van der Waals surface area contributed by atoms with Crippen molar-refractivity contribution in [2.24, 2.45) is 5.92 Å². The van der Waals surface area contributed by atoms with Gasteiger partial charge in [0.15, 0.2) is 0 Å². The minimum Gasteiger partial charge on any atom is -0.397 e. The van der Waals surface area contributed by atoms with Gasteiger partial charge in [0.2, 0.25) is 0 Å². The first-order valence-corrected chi connectivity index (χ1v) is 7.97. The van der Waals surface area contributed by atoms with E-state index in [4.69, 9.17) is 5.73 Å². The summed E-state index contributed by atoms with van der Waals surface area (Å²) in [6, 6.07) is 6.38. The summed E-state index contributed by atoms with van der Waals surface area (Å²) in [5.74, 6) is 0.609. The molecule has 3 rings (SSSR count). The number of nitrogen functional groups attached to an aromatic ring is 1. The first-order valence-electron chi connectivity index (χ1n) is 7.15. The third-order valence-electron chi connectivity index (χ3n) is 4.30. The molecule has 1 fully saturated rings. The molecule has 4 heteroatoms. The van der Waals surface area contributed by atoms with E-state index in [0.29, 0.717) is 16.5 Å². The second kappa shape index (κ2) is 5.09. The summed E-state index contributed by atoms with van der Waals surface area (Å²) in [6.07, 6.45) is 3.74. The highest BCUT2D eigenvalue weighted by Crippen LogP contribution is 2.35. The minimum atomic E-state index is -0.0271. The normalized spacial score (nSPS) is 16.9. The number of aryl methyl sites for hydroxylation is 1. The van der Waals surface area contributed by atoms with Crippen LogP contribution in [0.2, 0.25) is 0 Å². The molecule has 1 amide bonds. The largest absolute Gasteiger partial charge is 0.397 e. The third-order valence-corrected chi connectivity index (χ3v) is 5.49. The van der Waals surface area contributed by atoms with Crippen LogP contribution in [0.1, 0.15) is 41.4 Å². The molecule has 1 unspecified atom stereocenters. The topological polar surface area (TPSA) is 55.1 Å². The molecule has 1 aliphatic rings. The van der Waals surface area contributed by atoms with E-state index in [1.165, 1.54) is 30.6 Å². The molecule has 1 aromatic heterocycles. The van der Waals surface area contributed by atoms with Gasteiger partial charge in [0, 0.05) is 16.1 Å². The van der Waals surface area contributed by atoms with Crippen LogP contribution >= 0.6 is 11.3 Å². The molecule has 1 aliphatic carbocycles. The van der Waals surface area contributed by atoms with Crippen LogP contribution in [-0.2, 0) is 0 Å². The van der Waals surface area contributed by atoms with E-state index in [1.54, 1.807) is 0 Å². The zero-order valence-corrected chi connectivity index (χ0v) is 12.7. The number of benzene rings is 1. The van der Waals surface area contributed by atoms with Gasteiger partial charge in [-0.05, 0) is 44.7 Å². The average Bonchev–Trinajstić information content (AvgIpc) is 2.64. The Labute approximate surface area is 123 Å². The summed E-state index contributed by atoms with van der Waals surface area (Å²) >= 11 is 1.48. The fraction of sp³-hybridized carbons (Fsp3) is 0.438. The number of nitrogens with two attached hydrogens (primary N) is 1. The number of carbonyl (C=O) groups excluding carboxylic acids is 1. The van der Waals surface area contributed by atoms with Crippen LogP contribution in [0.5, 0.6) is 0 Å². The van der Waals surface area contributed by atoms with E-state index in [1.807, 2.05) is 19.1 Å². The zero-order chi connectivity index (χ0) is 14.3. The van der Waals surface area contributed by atoms with Crippen LogP contribution < -0.4 is 11.1 Å². The van der Waals surface area contributed by atoms with Crippen molar-refractivity contribution in [3.05, 3.63) is 28.6 Å². The maximum Gasteiger partial charge on any atom is 0.263 e. The number of carbonyl (C=O) groups is 1. The molecule has 1 atom stereocenters. The smallest absolute Gasteiger partial charge is 0.263 e. The number of rotatable bonds is 3. The highest BCUT2D eigenvalue weighted by Gasteiger charge is 2.26. The number of hydrogen-bond donors (Lipinski definition) is 2. The molecule has 20 heavy (non-hydrogen) atoms. The Morgan fingerprint density at radius 3 is 2.85 bits per heavy atom. The van der Waals surface area contributed by atoms with Gasteiger partial charge >= 0.3 is 0 Å².